The summed E-state index contributed by atoms with van der Waals surface area (Å²) in [5, 5.41) is 10.7. The first-order valence-electron chi connectivity index (χ1n) is 11.1. The second kappa shape index (κ2) is 10.6. The van der Waals surface area contributed by atoms with E-state index < -0.39 is 29.3 Å². The minimum Gasteiger partial charge on any atom is -0.503 e. The molecule has 4 rings (SSSR count). The summed E-state index contributed by atoms with van der Waals surface area (Å²) in [5.41, 5.74) is 0.904. The average molecular weight is 451 g/mol. The number of allylic oxidation sites excluding steroid dienone is 1. The highest BCUT2D eigenvalue weighted by Crippen LogP contribution is 2.39. The zero-order valence-electron chi connectivity index (χ0n) is 18.3. The molecular weight excluding hydrogens is 423 g/mol. The maximum Gasteiger partial charge on any atom is 0.290 e. The molecule has 2 aromatic rings. The summed E-state index contributed by atoms with van der Waals surface area (Å²) < 4.78 is 20.1. The van der Waals surface area contributed by atoms with Gasteiger partial charge < -0.3 is 14.7 Å². The first kappa shape index (κ1) is 22.9. The summed E-state index contributed by atoms with van der Waals surface area (Å²) in [4.78, 5) is 29.7. The van der Waals surface area contributed by atoms with Gasteiger partial charge in [0, 0.05) is 31.7 Å². The largest absolute Gasteiger partial charge is 0.503 e. The first-order valence-corrected chi connectivity index (χ1v) is 11.1. The van der Waals surface area contributed by atoms with Crippen LogP contribution in [0.25, 0.3) is 6.08 Å². The van der Waals surface area contributed by atoms with Crippen molar-refractivity contribution in [3.63, 3.8) is 0 Å². The second-order valence-electron chi connectivity index (χ2n) is 8.10. The minimum absolute atomic E-state index is 0.0938. The number of benzene rings is 2. The molecule has 1 fully saturated rings. The van der Waals surface area contributed by atoms with Crippen molar-refractivity contribution in [1.29, 1.82) is 0 Å². The Morgan fingerprint density at radius 3 is 2.48 bits per heavy atom. The van der Waals surface area contributed by atoms with E-state index in [0.29, 0.717) is 26.2 Å². The van der Waals surface area contributed by atoms with Gasteiger partial charge in [-0.1, -0.05) is 54.6 Å². The Morgan fingerprint density at radius 1 is 1.06 bits per heavy atom. The Kier molecular flexibility index (Phi) is 7.32. The maximum absolute atomic E-state index is 14.8. The van der Waals surface area contributed by atoms with Crippen LogP contribution >= 0.6 is 0 Å². The van der Waals surface area contributed by atoms with Gasteiger partial charge in [0.25, 0.3) is 5.91 Å². The topological polar surface area (TPSA) is 70.1 Å². The summed E-state index contributed by atoms with van der Waals surface area (Å²) in [6.07, 6.45) is 3.57. The average Bonchev–Trinajstić information content (AvgIpc) is 3.09. The molecule has 2 heterocycles. The molecular formula is C26H27FN2O4. The molecule has 0 aliphatic carbocycles. The molecule has 1 N–H and O–H groups in total. The van der Waals surface area contributed by atoms with E-state index in [9.17, 15) is 19.1 Å². The molecule has 1 saturated heterocycles. The highest BCUT2D eigenvalue weighted by atomic mass is 19.1. The minimum atomic E-state index is -0.976. The number of morpholine rings is 1. The monoisotopic (exact) mass is 450 g/mol. The fraction of sp³-hybridized carbons (Fsp3) is 0.308. The van der Waals surface area contributed by atoms with E-state index in [1.165, 1.54) is 17.0 Å². The van der Waals surface area contributed by atoms with Crippen molar-refractivity contribution in [3.05, 3.63) is 88.9 Å². The van der Waals surface area contributed by atoms with Crippen LogP contribution in [-0.4, -0.2) is 66.0 Å². The van der Waals surface area contributed by atoms with Gasteiger partial charge in [0.15, 0.2) is 11.5 Å². The highest BCUT2D eigenvalue weighted by Gasteiger charge is 2.43. The van der Waals surface area contributed by atoms with Crippen molar-refractivity contribution in [1.82, 2.24) is 9.80 Å². The lowest BCUT2D eigenvalue weighted by molar-refractivity contribution is -0.129. The second-order valence-corrected chi connectivity index (χ2v) is 8.10. The number of aliphatic hydroxyl groups excluding tert-OH is 1. The number of hydrogen-bond donors (Lipinski definition) is 1. The predicted octanol–water partition coefficient (Wildman–Crippen LogP) is 3.53. The van der Waals surface area contributed by atoms with Gasteiger partial charge in [-0.05, 0) is 24.1 Å². The lowest BCUT2D eigenvalue weighted by Gasteiger charge is -2.30. The first-order chi connectivity index (χ1) is 16.1. The van der Waals surface area contributed by atoms with Crippen LogP contribution in [0.3, 0.4) is 0 Å². The maximum atomic E-state index is 14.8. The normalized spacial score (nSPS) is 19.6. The molecule has 0 spiro atoms. The van der Waals surface area contributed by atoms with E-state index in [4.69, 9.17) is 4.74 Å². The van der Waals surface area contributed by atoms with Crippen molar-refractivity contribution in [2.75, 3.05) is 39.4 Å². The lowest BCUT2D eigenvalue weighted by Crippen LogP contribution is -2.39. The van der Waals surface area contributed by atoms with Gasteiger partial charge in [-0.15, -0.1) is 0 Å². The summed E-state index contributed by atoms with van der Waals surface area (Å²) in [6.45, 7) is 4.03. The van der Waals surface area contributed by atoms with Crippen LogP contribution in [0, 0.1) is 5.82 Å². The van der Waals surface area contributed by atoms with Crippen molar-refractivity contribution < 1.29 is 23.8 Å². The molecule has 172 valence electrons. The van der Waals surface area contributed by atoms with E-state index in [0.717, 1.165) is 25.2 Å². The van der Waals surface area contributed by atoms with Gasteiger partial charge in [0.2, 0.25) is 0 Å². The molecule has 7 heteroatoms. The third-order valence-corrected chi connectivity index (χ3v) is 5.97. The van der Waals surface area contributed by atoms with E-state index in [1.807, 2.05) is 30.3 Å². The molecule has 33 heavy (non-hydrogen) atoms. The summed E-state index contributed by atoms with van der Waals surface area (Å²) in [5.74, 6) is -2.31. The van der Waals surface area contributed by atoms with Crippen LogP contribution in [0.4, 0.5) is 4.39 Å². The smallest absolute Gasteiger partial charge is 0.290 e. The highest BCUT2D eigenvalue weighted by molar-refractivity contribution is 6.14. The molecule has 0 radical (unpaired) electrons. The number of carbonyl (C=O) groups is 2. The predicted molar refractivity (Wildman–Crippen MR) is 123 cm³/mol. The number of amides is 1. The van der Waals surface area contributed by atoms with E-state index >= 15 is 0 Å². The van der Waals surface area contributed by atoms with E-state index in [1.54, 1.807) is 24.3 Å². The number of halogens is 1. The molecule has 6 nitrogen and oxygen atoms in total. The van der Waals surface area contributed by atoms with Gasteiger partial charge in [0.1, 0.15) is 5.82 Å². The van der Waals surface area contributed by atoms with E-state index in [2.05, 4.69) is 4.90 Å². The van der Waals surface area contributed by atoms with Crippen molar-refractivity contribution in [2.24, 2.45) is 0 Å². The summed E-state index contributed by atoms with van der Waals surface area (Å²) in [6, 6.07) is 14.3. The van der Waals surface area contributed by atoms with E-state index in [-0.39, 0.29) is 11.1 Å². The van der Waals surface area contributed by atoms with Crippen molar-refractivity contribution in [3.8, 4) is 0 Å². The quantitative estimate of drug-likeness (QED) is 0.623. The van der Waals surface area contributed by atoms with Crippen molar-refractivity contribution >= 4 is 17.8 Å². The van der Waals surface area contributed by atoms with Gasteiger partial charge in [0.05, 0.1) is 24.8 Å². The molecule has 0 aromatic heterocycles. The standard InChI is InChI=1S/C26H27FN2O4/c27-21-10-5-4-9-20(21)24-23(22(30)12-11-19-7-2-1-3-8-19)25(31)26(32)29(24)14-6-13-28-15-17-33-18-16-28/h1-5,7-12,24,31H,6,13-18H2/b12-11+/t24-/m1/s1. The van der Waals surface area contributed by atoms with Crippen LogP contribution in [0.2, 0.25) is 0 Å². The number of ketones is 1. The van der Waals surface area contributed by atoms with Gasteiger partial charge in [-0.2, -0.15) is 0 Å². The Balaban J connectivity index is 1.58. The Hall–Kier alpha value is -3.29. The zero-order chi connectivity index (χ0) is 23.2. The van der Waals surface area contributed by atoms with Crippen LogP contribution in [0.1, 0.15) is 23.6 Å². The number of carbonyl (C=O) groups excluding carboxylic acids is 2. The Morgan fingerprint density at radius 2 is 1.76 bits per heavy atom. The molecule has 1 amide bonds. The summed E-state index contributed by atoms with van der Waals surface area (Å²) in [7, 11) is 0. The Bertz CT molecular complexity index is 1060. The van der Waals surface area contributed by atoms with Gasteiger partial charge in [-0.3, -0.25) is 14.5 Å². The SMILES string of the molecule is O=C(/C=C/c1ccccc1)C1=C(O)C(=O)N(CCCN2CCOCC2)[C@@H]1c1ccccc1F. The fourth-order valence-corrected chi connectivity index (χ4v) is 4.27. The number of hydrogen-bond acceptors (Lipinski definition) is 5. The molecule has 0 saturated carbocycles. The summed E-state index contributed by atoms with van der Waals surface area (Å²) >= 11 is 0. The molecule has 2 aromatic carbocycles. The number of rotatable bonds is 8. The third-order valence-electron chi connectivity index (χ3n) is 5.97. The Labute approximate surface area is 192 Å². The third kappa shape index (κ3) is 5.21. The fourth-order valence-electron chi connectivity index (χ4n) is 4.27. The zero-order valence-corrected chi connectivity index (χ0v) is 18.3. The van der Waals surface area contributed by atoms with Crippen LogP contribution in [-0.2, 0) is 14.3 Å². The molecule has 2 aliphatic heterocycles. The number of ether oxygens (including phenoxy) is 1. The van der Waals surface area contributed by atoms with Crippen LogP contribution < -0.4 is 0 Å². The molecule has 0 bridgehead atoms. The van der Waals surface area contributed by atoms with Crippen molar-refractivity contribution in [2.45, 2.75) is 12.5 Å². The van der Waals surface area contributed by atoms with Crippen LogP contribution in [0.15, 0.2) is 72.0 Å². The molecule has 1 atom stereocenters. The number of nitrogens with zero attached hydrogens (tertiary/aromatic N) is 2. The molecule has 2 aliphatic rings. The van der Waals surface area contributed by atoms with Gasteiger partial charge in [-0.25, -0.2) is 4.39 Å². The molecule has 0 unspecified atom stereocenters. The lowest BCUT2D eigenvalue weighted by atomic mass is 9.95. The van der Waals surface area contributed by atoms with Gasteiger partial charge >= 0.3 is 0 Å². The van der Waals surface area contributed by atoms with Crippen LogP contribution in [0.5, 0.6) is 0 Å². The number of aliphatic hydroxyl groups is 1.